The molecule has 0 spiro atoms. The Morgan fingerprint density at radius 2 is 2.00 bits per heavy atom. The second-order valence-electron chi connectivity index (χ2n) is 0.408. The third-order valence-corrected chi connectivity index (χ3v) is 1.84. The van der Waals surface area contributed by atoms with Crippen LogP contribution in [0.2, 0.25) is 0 Å². The minimum absolute atomic E-state index is 0.813. The molecule has 0 unspecified atom stereocenters. The van der Waals surface area contributed by atoms with Gasteiger partial charge in [-0.25, -0.2) is 0 Å². The van der Waals surface area contributed by atoms with Crippen LogP contribution in [0.25, 0.3) is 0 Å². The van der Waals surface area contributed by atoms with E-state index in [0.29, 0.717) is 0 Å². The SMILES string of the molecule is [SiH3]NO[SiH3]. The second-order valence-corrected chi connectivity index (χ2v) is 1.22. The summed E-state index contributed by atoms with van der Waals surface area (Å²) in [6.07, 6.45) is 0. The van der Waals surface area contributed by atoms with Crippen LogP contribution >= 0.6 is 0 Å². The number of hydrogen-bond acceptors (Lipinski definition) is 2. The predicted molar refractivity (Wildman–Crippen MR) is 24.1 cm³/mol. The van der Waals surface area contributed by atoms with E-state index in [0.717, 1.165) is 20.9 Å². The van der Waals surface area contributed by atoms with Gasteiger partial charge in [0.25, 0.3) is 0 Å². The van der Waals surface area contributed by atoms with Gasteiger partial charge in [-0.1, -0.05) is 0 Å². The number of nitrogens with one attached hydrogen (secondary N) is 1. The molecule has 0 heterocycles. The molecule has 0 aliphatic rings. The van der Waals surface area contributed by atoms with Gasteiger partial charge in [0.15, 0.2) is 10.5 Å². The van der Waals surface area contributed by atoms with Crippen molar-refractivity contribution in [2.75, 3.05) is 0 Å². The average Bonchev–Trinajstić information content (AvgIpc) is 1.37. The first-order valence-electron chi connectivity index (χ1n) is 1.11. The molecule has 0 saturated heterocycles. The highest BCUT2D eigenvalue weighted by molar-refractivity contribution is 6.06. The van der Waals surface area contributed by atoms with E-state index in [2.05, 4.69) is 9.67 Å². The highest BCUT2D eigenvalue weighted by Gasteiger charge is 1.46. The molecule has 0 bridgehead atoms. The Hall–Kier alpha value is 0.354. The molecule has 0 aliphatic carbocycles. The van der Waals surface area contributed by atoms with Gasteiger partial charge in [-0.2, -0.15) is 0 Å². The first-order valence-corrected chi connectivity index (χ1v) is 2.93. The lowest BCUT2D eigenvalue weighted by Crippen LogP contribution is -2.04. The van der Waals surface area contributed by atoms with E-state index in [1.165, 1.54) is 0 Å². The molecule has 0 saturated carbocycles. The molecule has 26 valence electrons. The Bertz CT molecular complexity index is 8.00. The molecule has 0 fully saturated rings. The first-order chi connectivity index (χ1) is 1.91. The summed E-state index contributed by atoms with van der Waals surface area (Å²) in [5.41, 5.74) is 0. The molecule has 0 amide bonds. The minimum atomic E-state index is 0.813. The van der Waals surface area contributed by atoms with Crippen molar-refractivity contribution in [3.8, 4) is 0 Å². The standard InChI is InChI=1S/H7NOSi2/c3-1-2-4/h1H,3-4H3. The Labute approximate surface area is 31.5 Å². The molecule has 0 rings (SSSR count). The van der Waals surface area contributed by atoms with Crippen molar-refractivity contribution in [2.24, 2.45) is 0 Å². The van der Waals surface area contributed by atoms with Gasteiger partial charge in [0, 0.05) is 0 Å². The van der Waals surface area contributed by atoms with E-state index in [9.17, 15) is 0 Å². The topological polar surface area (TPSA) is 21.3 Å². The quantitative estimate of drug-likeness (QED) is 0.277. The van der Waals surface area contributed by atoms with Gasteiger partial charge in [-0.05, 0) is 0 Å². The predicted octanol–water partition coefficient (Wildman–Crippen LogP) is -2.93. The van der Waals surface area contributed by atoms with Crippen molar-refractivity contribution in [2.45, 2.75) is 0 Å². The molecule has 0 aromatic carbocycles. The van der Waals surface area contributed by atoms with Gasteiger partial charge in [0.1, 0.15) is 10.4 Å². The van der Waals surface area contributed by atoms with Crippen molar-refractivity contribution in [1.29, 1.82) is 0 Å². The smallest absolute Gasteiger partial charge is 0.173 e. The summed E-state index contributed by atoms with van der Waals surface area (Å²) in [5.74, 6) is 0. The maximum Gasteiger partial charge on any atom is 0.173 e. The maximum absolute atomic E-state index is 4.49. The zero-order valence-electron chi connectivity index (χ0n) is 2.91. The van der Waals surface area contributed by atoms with Gasteiger partial charge < -0.3 is 4.53 Å². The van der Waals surface area contributed by atoms with Crippen molar-refractivity contribution in [1.82, 2.24) is 5.15 Å². The van der Waals surface area contributed by atoms with Crippen LogP contribution in [-0.4, -0.2) is 20.9 Å². The summed E-state index contributed by atoms with van der Waals surface area (Å²) in [4.78, 5) is 0. The zero-order chi connectivity index (χ0) is 3.41. The van der Waals surface area contributed by atoms with Crippen molar-refractivity contribution in [3.63, 3.8) is 0 Å². The van der Waals surface area contributed by atoms with E-state index < -0.39 is 0 Å². The Balaban J connectivity index is 1.97. The van der Waals surface area contributed by atoms with Crippen molar-refractivity contribution < 1.29 is 4.53 Å². The highest BCUT2D eigenvalue weighted by Crippen LogP contribution is 1.27. The molecule has 0 aliphatic heterocycles. The van der Waals surface area contributed by atoms with Gasteiger partial charge in [0.05, 0.1) is 0 Å². The van der Waals surface area contributed by atoms with Gasteiger partial charge in [-0.3, -0.25) is 5.15 Å². The van der Waals surface area contributed by atoms with Crippen LogP contribution in [-0.2, 0) is 4.53 Å². The van der Waals surface area contributed by atoms with Crippen LogP contribution in [0.3, 0.4) is 0 Å². The molecular weight excluding hydrogens is 86.2 g/mol. The monoisotopic (exact) mass is 93.0 g/mol. The lowest BCUT2D eigenvalue weighted by molar-refractivity contribution is 0.307. The fourth-order valence-corrected chi connectivity index (χ4v) is 0. The van der Waals surface area contributed by atoms with E-state index >= 15 is 0 Å². The third-order valence-electron chi connectivity index (χ3n) is 0.204. The Morgan fingerprint density at radius 3 is 2.00 bits per heavy atom. The van der Waals surface area contributed by atoms with E-state index in [-0.39, 0.29) is 0 Å². The lowest BCUT2D eigenvalue weighted by Gasteiger charge is -1.82. The van der Waals surface area contributed by atoms with E-state index in [1.54, 1.807) is 0 Å². The molecule has 0 aromatic rings. The summed E-state index contributed by atoms with van der Waals surface area (Å²) < 4.78 is 4.49. The van der Waals surface area contributed by atoms with Crippen LogP contribution < -0.4 is 5.15 Å². The second kappa shape index (κ2) is 3.35. The molecular formula is H7NOSi2. The summed E-state index contributed by atoms with van der Waals surface area (Å²) in [6, 6.07) is 0. The summed E-state index contributed by atoms with van der Waals surface area (Å²) in [7, 11) is 1.77. The lowest BCUT2D eigenvalue weighted by atomic mass is 13.5. The maximum atomic E-state index is 4.49. The molecule has 0 radical (unpaired) electrons. The molecule has 4 heavy (non-hydrogen) atoms. The first kappa shape index (κ1) is 4.35. The molecule has 0 atom stereocenters. The van der Waals surface area contributed by atoms with Crippen molar-refractivity contribution in [3.05, 3.63) is 0 Å². The Morgan fingerprint density at radius 1 is 1.75 bits per heavy atom. The number of hydrogen-bond donors (Lipinski definition) is 1. The molecule has 0 aromatic heterocycles. The van der Waals surface area contributed by atoms with E-state index in [4.69, 9.17) is 0 Å². The van der Waals surface area contributed by atoms with Gasteiger partial charge >= 0.3 is 0 Å². The zero-order valence-corrected chi connectivity index (χ0v) is 6.91. The fraction of sp³-hybridized carbons (Fsp3) is 0. The van der Waals surface area contributed by atoms with Crippen LogP contribution in [0, 0.1) is 0 Å². The summed E-state index contributed by atoms with van der Waals surface area (Å²) in [6.45, 7) is 0. The van der Waals surface area contributed by atoms with Gasteiger partial charge in [-0.15, -0.1) is 0 Å². The largest absolute Gasteiger partial charge is 0.365 e. The normalized spacial score (nSPS) is 9.00. The third kappa shape index (κ3) is 2.35. The molecule has 4 heteroatoms. The minimum Gasteiger partial charge on any atom is -0.365 e. The summed E-state index contributed by atoms with van der Waals surface area (Å²) >= 11 is 0. The fourth-order valence-electron chi connectivity index (χ4n) is 0. The van der Waals surface area contributed by atoms with Crippen LogP contribution in [0.15, 0.2) is 0 Å². The summed E-state index contributed by atoms with van der Waals surface area (Å²) in [5, 5.41) is 2.63. The van der Waals surface area contributed by atoms with Crippen LogP contribution in [0.5, 0.6) is 0 Å². The Kier molecular flexibility index (Phi) is 3.65. The van der Waals surface area contributed by atoms with Gasteiger partial charge in [0.2, 0.25) is 0 Å². The van der Waals surface area contributed by atoms with Crippen molar-refractivity contribution >= 4 is 20.9 Å². The van der Waals surface area contributed by atoms with Crippen LogP contribution in [0.1, 0.15) is 0 Å². The average molecular weight is 93.2 g/mol. The molecule has 1 N–H and O–H groups in total. The molecule has 2 nitrogen and oxygen atoms in total. The highest BCUT2D eigenvalue weighted by atomic mass is 28.2. The number of rotatable bonds is 1. The van der Waals surface area contributed by atoms with Crippen LogP contribution in [0.4, 0.5) is 0 Å². The van der Waals surface area contributed by atoms with E-state index in [1.807, 2.05) is 0 Å².